The maximum atomic E-state index is 11.5. The van der Waals surface area contributed by atoms with Crippen molar-refractivity contribution in [2.24, 2.45) is 0 Å². The lowest BCUT2D eigenvalue weighted by Gasteiger charge is -2.17. The predicted octanol–water partition coefficient (Wildman–Crippen LogP) is 1.50. The molecule has 0 atom stereocenters. The van der Waals surface area contributed by atoms with Gasteiger partial charge in [0.15, 0.2) is 6.29 Å². The molecule has 0 aromatic heterocycles. The van der Waals surface area contributed by atoms with Crippen LogP contribution in [0.1, 0.15) is 28.8 Å². The Bertz CT molecular complexity index is 488. The second kappa shape index (κ2) is 4.15. The van der Waals surface area contributed by atoms with Crippen LogP contribution in [0.5, 0.6) is 0 Å². The molecule has 4 nitrogen and oxygen atoms in total. The standard InChI is InChI=1S/C12H10N2O2/c13-7-9-3-4-11(10(6-9)8-15)14-5-1-2-12(14)16/h3-4,6,8H,1-2,5H2. The number of hydrogen-bond donors (Lipinski definition) is 0. The van der Waals surface area contributed by atoms with E-state index >= 15 is 0 Å². The molecule has 1 aromatic rings. The van der Waals surface area contributed by atoms with Crippen LogP contribution in [0, 0.1) is 11.3 Å². The van der Waals surface area contributed by atoms with Gasteiger partial charge in [0.05, 0.1) is 17.3 Å². The minimum absolute atomic E-state index is 0.0350. The molecular formula is C12H10N2O2. The van der Waals surface area contributed by atoms with Crippen LogP contribution in [0.4, 0.5) is 5.69 Å². The first-order valence-electron chi connectivity index (χ1n) is 5.06. The lowest BCUT2D eigenvalue weighted by molar-refractivity contribution is -0.117. The van der Waals surface area contributed by atoms with Crippen molar-refractivity contribution in [1.82, 2.24) is 0 Å². The van der Waals surface area contributed by atoms with E-state index in [1.165, 1.54) is 6.07 Å². The summed E-state index contributed by atoms with van der Waals surface area (Å²) in [5.41, 5.74) is 1.43. The largest absolute Gasteiger partial charge is 0.312 e. The van der Waals surface area contributed by atoms with Crippen LogP contribution in [-0.4, -0.2) is 18.7 Å². The van der Waals surface area contributed by atoms with Crippen molar-refractivity contribution in [1.29, 1.82) is 5.26 Å². The SMILES string of the molecule is N#Cc1ccc(N2CCCC2=O)c(C=O)c1. The first-order chi connectivity index (χ1) is 7.76. The summed E-state index contributed by atoms with van der Waals surface area (Å²) >= 11 is 0. The maximum Gasteiger partial charge on any atom is 0.227 e. The smallest absolute Gasteiger partial charge is 0.227 e. The van der Waals surface area contributed by atoms with Gasteiger partial charge in [-0.15, -0.1) is 0 Å². The zero-order valence-electron chi connectivity index (χ0n) is 8.64. The van der Waals surface area contributed by atoms with Crippen LogP contribution in [-0.2, 0) is 4.79 Å². The molecule has 1 heterocycles. The van der Waals surface area contributed by atoms with Crippen molar-refractivity contribution < 1.29 is 9.59 Å². The summed E-state index contributed by atoms with van der Waals surface area (Å²) in [7, 11) is 0. The maximum absolute atomic E-state index is 11.5. The number of carbonyl (C=O) groups is 2. The minimum atomic E-state index is 0.0350. The van der Waals surface area contributed by atoms with Crippen LogP contribution in [0.15, 0.2) is 18.2 Å². The van der Waals surface area contributed by atoms with E-state index in [0.717, 1.165) is 6.42 Å². The summed E-state index contributed by atoms with van der Waals surface area (Å²) in [6, 6.07) is 6.75. The molecule has 1 amide bonds. The molecule has 4 heteroatoms. The van der Waals surface area contributed by atoms with E-state index in [2.05, 4.69) is 0 Å². The van der Waals surface area contributed by atoms with Gasteiger partial charge in [-0.3, -0.25) is 9.59 Å². The van der Waals surface area contributed by atoms with E-state index in [4.69, 9.17) is 5.26 Å². The molecule has 0 N–H and O–H groups in total. The number of nitrogens with zero attached hydrogens (tertiary/aromatic N) is 2. The number of aldehydes is 1. The molecule has 0 unspecified atom stereocenters. The second-order valence-electron chi connectivity index (χ2n) is 3.65. The molecule has 0 saturated carbocycles. The number of anilines is 1. The lowest BCUT2D eigenvalue weighted by Crippen LogP contribution is -2.24. The summed E-state index contributed by atoms with van der Waals surface area (Å²) in [6.45, 7) is 0.644. The van der Waals surface area contributed by atoms with Gasteiger partial charge in [-0.25, -0.2) is 0 Å². The fraction of sp³-hybridized carbons (Fsp3) is 0.250. The summed E-state index contributed by atoms with van der Waals surface area (Å²) in [5.74, 6) is 0.0350. The van der Waals surface area contributed by atoms with Crippen LogP contribution in [0.3, 0.4) is 0 Å². The van der Waals surface area contributed by atoms with E-state index in [1.54, 1.807) is 17.0 Å². The minimum Gasteiger partial charge on any atom is -0.312 e. The first kappa shape index (κ1) is 10.4. The number of nitriles is 1. The van der Waals surface area contributed by atoms with Gasteiger partial charge in [-0.1, -0.05) is 0 Å². The molecule has 0 radical (unpaired) electrons. The Labute approximate surface area is 93.1 Å². The van der Waals surface area contributed by atoms with Crippen molar-refractivity contribution in [3.05, 3.63) is 29.3 Å². The highest BCUT2D eigenvalue weighted by Gasteiger charge is 2.23. The number of carbonyl (C=O) groups excluding carboxylic acids is 2. The molecule has 1 aromatic carbocycles. The zero-order chi connectivity index (χ0) is 11.5. The highest BCUT2D eigenvalue weighted by molar-refractivity contribution is 6.00. The number of benzene rings is 1. The third kappa shape index (κ3) is 1.68. The molecule has 1 aliphatic heterocycles. The van der Waals surface area contributed by atoms with Crippen molar-refractivity contribution in [2.45, 2.75) is 12.8 Å². The van der Waals surface area contributed by atoms with Gasteiger partial charge >= 0.3 is 0 Å². The molecular weight excluding hydrogens is 204 g/mol. The summed E-state index contributed by atoms with van der Waals surface area (Å²) < 4.78 is 0. The molecule has 1 saturated heterocycles. The fourth-order valence-corrected chi connectivity index (χ4v) is 1.87. The van der Waals surface area contributed by atoms with Crippen molar-refractivity contribution in [2.75, 3.05) is 11.4 Å². The average molecular weight is 214 g/mol. The van der Waals surface area contributed by atoms with Gasteiger partial charge < -0.3 is 4.90 Å². The van der Waals surface area contributed by atoms with Crippen LogP contribution < -0.4 is 4.90 Å². The van der Waals surface area contributed by atoms with Gasteiger partial charge in [-0.2, -0.15) is 5.26 Å². The molecule has 1 aliphatic rings. The Morgan fingerprint density at radius 1 is 1.44 bits per heavy atom. The van der Waals surface area contributed by atoms with Gasteiger partial charge in [0.2, 0.25) is 5.91 Å². The average Bonchev–Trinajstić information content (AvgIpc) is 2.74. The fourth-order valence-electron chi connectivity index (χ4n) is 1.87. The number of hydrogen-bond acceptors (Lipinski definition) is 3. The third-order valence-electron chi connectivity index (χ3n) is 2.65. The molecule has 16 heavy (non-hydrogen) atoms. The third-order valence-corrected chi connectivity index (χ3v) is 2.65. The highest BCUT2D eigenvalue weighted by Crippen LogP contribution is 2.25. The first-order valence-corrected chi connectivity index (χ1v) is 5.06. The summed E-state index contributed by atoms with van der Waals surface area (Å²) in [6.07, 6.45) is 2.03. The highest BCUT2D eigenvalue weighted by atomic mass is 16.2. The Kier molecular flexibility index (Phi) is 2.69. The molecule has 1 fully saturated rings. The predicted molar refractivity (Wildman–Crippen MR) is 58.1 cm³/mol. The number of amides is 1. The van der Waals surface area contributed by atoms with E-state index < -0.39 is 0 Å². The molecule has 0 aliphatic carbocycles. The van der Waals surface area contributed by atoms with Crippen molar-refractivity contribution >= 4 is 17.9 Å². The van der Waals surface area contributed by atoms with Crippen molar-refractivity contribution in [3.63, 3.8) is 0 Å². The second-order valence-corrected chi connectivity index (χ2v) is 3.65. The van der Waals surface area contributed by atoms with Gasteiger partial charge in [-0.05, 0) is 24.6 Å². The van der Waals surface area contributed by atoms with Crippen LogP contribution in [0.25, 0.3) is 0 Å². The lowest BCUT2D eigenvalue weighted by atomic mass is 10.1. The molecule has 2 rings (SSSR count). The van der Waals surface area contributed by atoms with E-state index in [9.17, 15) is 9.59 Å². The Balaban J connectivity index is 2.45. The Morgan fingerprint density at radius 2 is 2.25 bits per heavy atom. The van der Waals surface area contributed by atoms with Gasteiger partial charge in [0, 0.05) is 18.5 Å². The van der Waals surface area contributed by atoms with Gasteiger partial charge in [0.25, 0.3) is 0 Å². The van der Waals surface area contributed by atoms with Crippen LogP contribution >= 0.6 is 0 Å². The topological polar surface area (TPSA) is 61.2 Å². The normalized spacial score (nSPS) is 14.9. The molecule has 0 bridgehead atoms. The Hall–Kier alpha value is -2.15. The Morgan fingerprint density at radius 3 is 2.81 bits per heavy atom. The molecule has 80 valence electrons. The zero-order valence-corrected chi connectivity index (χ0v) is 8.64. The summed E-state index contributed by atoms with van der Waals surface area (Å²) in [4.78, 5) is 24.1. The van der Waals surface area contributed by atoms with E-state index in [-0.39, 0.29) is 5.91 Å². The van der Waals surface area contributed by atoms with E-state index in [1.807, 2.05) is 6.07 Å². The van der Waals surface area contributed by atoms with Gasteiger partial charge in [0.1, 0.15) is 0 Å². The summed E-state index contributed by atoms with van der Waals surface area (Å²) in [5, 5.41) is 8.72. The number of rotatable bonds is 2. The quantitative estimate of drug-likeness (QED) is 0.701. The van der Waals surface area contributed by atoms with E-state index in [0.29, 0.717) is 36.1 Å². The monoisotopic (exact) mass is 214 g/mol. The van der Waals surface area contributed by atoms with Crippen LogP contribution in [0.2, 0.25) is 0 Å². The molecule has 0 spiro atoms. The van der Waals surface area contributed by atoms with Crippen molar-refractivity contribution in [3.8, 4) is 6.07 Å².